The maximum atomic E-state index is 13.2. The van der Waals surface area contributed by atoms with E-state index in [4.69, 9.17) is 4.42 Å². The number of amides is 1. The predicted molar refractivity (Wildman–Crippen MR) is 89.2 cm³/mol. The molecule has 2 atom stereocenters. The van der Waals surface area contributed by atoms with Crippen molar-refractivity contribution in [1.82, 2.24) is 20.0 Å². The van der Waals surface area contributed by atoms with Crippen LogP contribution in [0.3, 0.4) is 0 Å². The van der Waals surface area contributed by atoms with Crippen molar-refractivity contribution < 1.29 is 9.21 Å². The first-order valence-electron chi connectivity index (χ1n) is 8.71. The number of carbonyl (C=O) groups excluding carboxylic acids is 1. The van der Waals surface area contributed by atoms with Gasteiger partial charge in [0.25, 0.3) is 0 Å². The zero-order valence-electron chi connectivity index (χ0n) is 14.2. The van der Waals surface area contributed by atoms with Crippen LogP contribution in [0.1, 0.15) is 25.6 Å². The highest BCUT2D eigenvalue weighted by Crippen LogP contribution is 2.25. The van der Waals surface area contributed by atoms with E-state index in [-0.39, 0.29) is 11.9 Å². The van der Waals surface area contributed by atoms with E-state index in [2.05, 4.69) is 29.0 Å². The highest BCUT2D eigenvalue weighted by atomic mass is 16.3. The lowest BCUT2D eigenvalue weighted by atomic mass is 10.1. The van der Waals surface area contributed by atoms with Gasteiger partial charge in [-0.05, 0) is 25.6 Å². The number of hydrogen-bond acceptors (Lipinski definition) is 5. The van der Waals surface area contributed by atoms with Gasteiger partial charge in [0.05, 0.1) is 6.26 Å². The molecule has 1 aromatic heterocycles. The minimum Gasteiger partial charge on any atom is -0.467 e. The van der Waals surface area contributed by atoms with Crippen LogP contribution >= 0.6 is 0 Å². The van der Waals surface area contributed by atoms with Gasteiger partial charge in [-0.15, -0.1) is 0 Å². The van der Waals surface area contributed by atoms with Gasteiger partial charge >= 0.3 is 0 Å². The molecule has 0 bridgehead atoms. The fraction of sp³-hybridized carbons (Fsp3) is 0.706. The minimum atomic E-state index is -0.289. The van der Waals surface area contributed by atoms with Gasteiger partial charge < -0.3 is 19.5 Å². The number of nitrogens with zero attached hydrogens (tertiary/aromatic N) is 3. The van der Waals surface area contributed by atoms with Crippen LogP contribution in [0.4, 0.5) is 0 Å². The lowest BCUT2D eigenvalue weighted by Gasteiger charge is -2.40. The largest absolute Gasteiger partial charge is 0.467 e. The summed E-state index contributed by atoms with van der Waals surface area (Å²) in [6.45, 7) is 11.6. The van der Waals surface area contributed by atoms with Crippen molar-refractivity contribution >= 4 is 5.91 Å². The number of furan rings is 1. The summed E-state index contributed by atoms with van der Waals surface area (Å²) in [5.41, 5.74) is 0. The Morgan fingerprint density at radius 1 is 1.35 bits per heavy atom. The van der Waals surface area contributed by atoms with Crippen LogP contribution in [0.5, 0.6) is 0 Å². The summed E-state index contributed by atoms with van der Waals surface area (Å²) in [5.74, 6) is 0.951. The summed E-state index contributed by atoms with van der Waals surface area (Å²) in [7, 11) is 0. The van der Waals surface area contributed by atoms with Crippen LogP contribution in [-0.2, 0) is 4.79 Å². The van der Waals surface area contributed by atoms with Crippen molar-refractivity contribution in [2.75, 3.05) is 52.4 Å². The fourth-order valence-electron chi connectivity index (χ4n) is 3.56. The lowest BCUT2D eigenvalue weighted by Crippen LogP contribution is -2.56. The molecular weight excluding hydrogens is 292 g/mol. The van der Waals surface area contributed by atoms with E-state index in [1.807, 2.05) is 17.0 Å². The number of nitrogens with one attached hydrogen (secondary N) is 1. The Bertz CT molecular complexity index is 497. The average Bonchev–Trinajstić information content (AvgIpc) is 3.09. The molecule has 23 heavy (non-hydrogen) atoms. The zero-order valence-corrected chi connectivity index (χ0v) is 14.2. The predicted octanol–water partition coefficient (Wildman–Crippen LogP) is 0.779. The topological polar surface area (TPSA) is 52.0 Å². The molecule has 0 aromatic carbocycles. The van der Waals surface area contributed by atoms with Crippen molar-refractivity contribution in [3.63, 3.8) is 0 Å². The van der Waals surface area contributed by atoms with E-state index >= 15 is 0 Å². The third-order valence-corrected chi connectivity index (χ3v) is 4.94. The molecule has 2 saturated heterocycles. The molecule has 1 aromatic rings. The highest BCUT2D eigenvalue weighted by Gasteiger charge is 2.36. The number of likely N-dealkylation sites (N-methyl/N-ethyl adjacent to an activating group) is 1. The molecule has 0 spiro atoms. The quantitative estimate of drug-likeness (QED) is 0.888. The van der Waals surface area contributed by atoms with Gasteiger partial charge in [0.15, 0.2) is 0 Å². The van der Waals surface area contributed by atoms with Crippen molar-refractivity contribution in [3.05, 3.63) is 24.2 Å². The van der Waals surface area contributed by atoms with Crippen LogP contribution in [0.25, 0.3) is 0 Å². The average molecular weight is 320 g/mol. The maximum absolute atomic E-state index is 13.2. The Hall–Kier alpha value is -1.37. The smallest absolute Gasteiger partial charge is 0.247 e. The molecule has 1 amide bonds. The fourth-order valence-corrected chi connectivity index (χ4v) is 3.56. The molecule has 3 rings (SSSR count). The van der Waals surface area contributed by atoms with Crippen molar-refractivity contribution in [2.24, 2.45) is 0 Å². The number of hydrogen-bond donors (Lipinski definition) is 1. The molecule has 0 radical (unpaired) electrons. The van der Waals surface area contributed by atoms with E-state index in [1.165, 1.54) is 0 Å². The molecular formula is C17H28N4O2. The molecule has 0 saturated carbocycles. The van der Waals surface area contributed by atoms with Crippen LogP contribution < -0.4 is 5.32 Å². The molecule has 2 aliphatic rings. The van der Waals surface area contributed by atoms with E-state index in [1.54, 1.807) is 6.26 Å². The minimum absolute atomic E-state index is 0.185. The van der Waals surface area contributed by atoms with E-state index in [0.717, 1.165) is 58.1 Å². The monoisotopic (exact) mass is 320 g/mol. The molecule has 0 aliphatic carbocycles. The standard InChI is InChI=1S/C17H28N4O2/c1-3-19-8-10-20(11-9-19)17(22)16(15-5-4-12-23-15)21-7-6-18-14(2)13-21/h4-5,12,14,16,18H,3,6-11,13H2,1-2H3. The van der Waals surface area contributed by atoms with Crippen LogP contribution in [-0.4, -0.2) is 79.0 Å². The maximum Gasteiger partial charge on any atom is 0.247 e. The Morgan fingerprint density at radius 3 is 2.74 bits per heavy atom. The SMILES string of the molecule is CCN1CCN(C(=O)C(c2ccco2)N2CCNC(C)C2)CC1. The summed E-state index contributed by atoms with van der Waals surface area (Å²) >= 11 is 0. The summed E-state index contributed by atoms with van der Waals surface area (Å²) in [5, 5.41) is 3.44. The molecule has 2 unspecified atom stereocenters. The first-order valence-corrected chi connectivity index (χ1v) is 8.71. The zero-order chi connectivity index (χ0) is 16.2. The summed E-state index contributed by atoms with van der Waals surface area (Å²) in [6, 6.07) is 3.90. The first-order chi connectivity index (χ1) is 11.2. The van der Waals surface area contributed by atoms with Gasteiger partial charge in [-0.2, -0.15) is 0 Å². The van der Waals surface area contributed by atoms with Gasteiger partial charge in [-0.3, -0.25) is 9.69 Å². The van der Waals surface area contributed by atoms with Gasteiger partial charge in [-0.25, -0.2) is 0 Å². The second-order valence-electron chi connectivity index (χ2n) is 6.53. The van der Waals surface area contributed by atoms with Gasteiger partial charge in [0, 0.05) is 51.9 Å². The third-order valence-electron chi connectivity index (χ3n) is 4.94. The second kappa shape index (κ2) is 7.47. The molecule has 1 N–H and O–H groups in total. The summed E-state index contributed by atoms with van der Waals surface area (Å²) in [4.78, 5) is 19.8. The van der Waals surface area contributed by atoms with Gasteiger partial charge in [0.1, 0.15) is 11.8 Å². The van der Waals surface area contributed by atoms with Crippen molar-refractivity contribution in [3.8, 4) is 0 Å². The number of rotatable bonds is 4. The van der Waals surface area contributed by atoms with Crippen molar-refractivity contribution in [2.45, 2.75) is 25.9 Å². The van der Waals surface area contributed by atoms with Crippen LogP contribution in [0.15, 0.2) is 22.8 Å². The van der Waals surface area contributed by atoms with E-state index < -0.39 is 0 Å². The van der Waals surface area contributed by atoms with Crippen LogP contribution in [0, 0.1) is 0 Å². The Labute approximate surface area is 138 Å². The normalized spacial score (nSPS) is 25.5. The Balaban J connectivity index is 1.74. The van der Waals surface area contributed by atoms with Crippen LogP contribution in [0.2, 0.25) is 0 Å². The number of piperazine rings is 2. The summed E-state index contributed by atoms with van der Waals surface area (Å²) in [6.07, 6.45) is 1.66. The molecule has 2 fully saturated rings. The molecule has 6 heteroatoms. The van der Waals surface area contributed by atoms with E-state index in [0.29, 0.717) is 6.04 Å². The highest BCUT2D eigenvalue weighted by molar-refractivity contribution is 5.82. The van der Waals surface area contributed by atoms with E-state index in [9.17, 15) is 4.79 Å². The molecule has 128 valence electrons. The van der Waals surface area contributed by atoms with Gasteiger partial charge in [-0.1, -0.05) is 6.92 Å². The number of carbonyl (C=O) groups is 1. The first kappa shape index (κ1) is 16.5. The summed E-state index contributed by atoms with van der Waals surface area (Å²) < 4.78 is 5.62. The Morgan fingerprint density at radius 2 is 2.13 bits per heavy atom. The lowest BCUT2D eigenvalue weighted by molar-refractivity contribution is -0.140. The Kier molecular flexibility index (Phi) is 5.35. The van der Waals surface area contributed by atoms with Crippen molar-refractivity contribution in [1.29, 1.82) is 0 Å². The molecule has 2 aliphatic heterocycles. The third kappa shape index (κ3) is 3.76. The second-order valence-corrected chi connectivity index (χ2v) is 6.53. The van der Waals surface area contributed by atoms with Gasteiger partial charge in [0.2, 0.25) is 5.91 Å². The molecule has 6 nitrogen and oxygen atoms in total. The molecule has 3 heterocycles.